The number of carbonyl (C=O) groups is 1. The number of benzene rings is 2. The fourth-order valence-electron chi connectivity index (χ4n) is 4.87. The van der Waals surface area contributed by atoms with E-state index in [1.807, 2.05) is 12.1 Å². The van der Waals surface area contributed by atoms with Gasteiger partial charge in [0.05, 0.1) is 0 Å². The molecule has 4 nitrogen and oxygen atoms in total. The lowest BCUT2D eigenvalue weighted by Crippen LogP contribution is -2.33. The zero-order valence-electron chi connectivity index (χ0n) is 19.0. The SMILES string of the molecule is C[C@H]1CCCN(Cc2ccc(C(=O)NCc3ccc(CN4CCCCC4)cc3)cc2)C1. The molecule has 166 valence electrons. The molecule has 1 N–H and O–H groups in total. The molecule has 2 saturated heterocycles. The highest BCUT2D eigenvalue weighted by Gasteiger charge is 2.16. The molecule has 1 amide bonds. The first-order valence-electron chi connectivity index (χ1n) is 12.1. The number of nitrogens with zero attached hydrogens (tertiary/aromatic N) is 2. The quantitative estimate of drug-likeness (QED) is 0.698. The van der Waals surface area contributed by atoms with Crippen LogP contribution in [0.15, 0.2) is 48.5 Å². The van der Waals surface area contributed by atoms with E-state index in [2.05, 4.69) is 58.4 Å². The monoisotopic (exact) mass is 419 g/mol. The van der Waals surface area contributed by atoms with Crippen molar-refractivity contribution < 1.29 is 4.79 Å². The van der Waals surface area contributed by atoms with E-state index >= 15 is 0 Å². The van der Waals surface area contributed by atoms with Gasteiger partial charge in [-0.15, -0.1) is 0 Å². The number of likely N-dealkylation sites (tertiary alicyclic amines) is 2. The van der Waals surface area contributed by atoms with Crippen LogP contribution in [0.5, 0.6) is 0 Å². The van der Waals surface area contributed by atoms with Crippen LogP contribution in [-0.2, 0) is 19.6 Å². The number of nitrogens with one attached hydrogen (secondary N) is 1. The Morgan fingerprint density at radius 1 is 0.806 bits per heavy atom. The van der Waals surface area contributed by atoms with E-state index in [1.54, 1.807) is 0 Å². The maximum atomic E-state index is 12.6. The zero-order valence-corrected chi connectivity index (χ0v) is 19.0. The molecular formula is C27H37N3O. The Kier molecular flexibility index (Phi) is 7.76. The molecule has 2 aliphatic heterocycles. The first-order chi connectivity index (χ1) is 15.2. The van der Waals surface area contributed by atoms with Crippen molar-refractivity contribution in [1.29, 1.82) is 0 Å². The molecule has 0 radical (unpaired) electrons. The largest absolute Gasteiger partial charge is 0.348 e. The van der Waals surface area contributed by atoms with Crippen LogP contribution < -0.4 is 5.32 Å². The van der Waals surface area contributed by atoms with E-state index in [4.69, 9.17) is 0 Å². The van der Waals surface area contributed by atoms with Crippen molar-refractivity contribution in [1.82, 2.24) is 15.1 Å². The van der Waals surface area contributed by atoms with E-state index in [0.717, 1.165) is 30.1 Å². The molecule has 2 fully saturated rings. The zero-order chi connectivity index (χ0) is 21.5. The lowest BCUT2D eigenvalue weighted by atomic mass is 9.99. The van der Waals surface area contributed by atoms with Gasteiger partial charge in [0.2, 0.25) is 0 Å². The van der Waals surface area contributed by atoms with Gasteiger partial charge >= 0.3 is 0 Å². The molecule has 2 aliphatic rings. The van der Waals surface area contributed by atoms with Crippen LogP contribution in [0.1, 0.15) is 66.1 Å². The van der Waals surface area contributed by atoms with Gasteiger partial charge in [0, 0.05) is 31.7 Å². The summed E-state index contributed by atoms with van der Waals surface area (Å²) in [6.45, 7) is 9.72. The number of hydrogen-bond acceptors (Lipinski definition) is 3. The smallest absolute Gasteiger partial charge is 0.251 e. The van der Waals surface area contributed by atoms with Gasteiger partial charge < -0.3 is 5.32 Å². The molecule has 0 aliphatic carbocycles. The van der Waals surface area contributed by atoms with Crippen LogP contribution in [0.4, 0.5) is 0 Å². The summed E-state index contributed by atoms with van der Waals surface area (Å²) < 4.78 is 0. The average Bonchev–Trinajstić information content (AvgIpc) is 2.80. The maximum absolute atomic E-state index is 12.6. The van der Waals surface area contributed by atoms with Gasteiger partial charge in [0.1, 0.15) is 0 Å². The summed E-state index contributed by atoms with van der Waals surface area (Å²) in [6, 6.07) is 16.8. The second kappa shape index (κ2) is 10.9. The molecule has 0 aromatic heterocycles. The molecule has 0 saturated carbocycles. The molecule has 4 rings (SSSR count). The fraction of sp³-hybridized carbons (Fsp3) is 0.519. The van der Waals surface area contributed by atoms with Gasteiger partial charge in [-0.25, -0.2) is 0 Å². The third-order valence-corrected chi connectivity index (χ3v) is 6.69. The summed E-state index contributed by atoms with van der Waals surface area (Å²) >= 11 is 0. The maximum Gasteiger partial charge on any atom is 0.251 e. The summed E-state index contributed by atoms with van der Waals surface area (Å²) in [5, 5.41) is 3.06. The third kappa shape index (κ3) is 6.65. The molecular weight excluding hydrogens is 382 g/mol. The van der Waals surface area contributed by atoms with Gasteiger partial charge in [-0.05, 0) is 80.1 Å². The van der Waals surface area contributed by atoms with E-state index in [0.29, 0.717) is 6.54 Å². The highest BCUT2D eigenvalue weighted by molar-refractivity contribution is 5.94. The van der Waals surface area contributed by atoms with Gasteiger partial charge in [-0.2, -0.15) is 0 Å². The standard InChI is InChI=1S/C27H37N3O/c1-22-6-5-17-30(19-22)21-25-11-13-26(14-12-25)27(31)28-18-23-7-9-24(10-8-23)20-29-15-3-2-4-16-29/h7-14,22H,2-6,15-21H2,1H3,(H,28,31)/t22-/m0/s1. The summed E-state index contributed by atoms with van der Waals surface area (Å²) in [4.78, 5) is 17.6. The van der Waals surface area contributed by atoms with E-state index in [-0.39, 0.29) is 5.91 Å². The van der Waals surface area contributed by atoms with Crippen molar-refractivity contribution in [2.24, 2.45) is 5.92 Å². The lowest BCUT2D eigenvalue weighted by Gasteiger charge is -2.30. The topological polar surface area (TPSA) is 35.6 Å². The fourth-order valence-corrected chi connectivity index (χ4v) is 4.87. The van der Waals surface area contributed by atoms with Gasteiger partial charge in [0.25, 0.3) is 5.91 Å². The molecule has 31 heavy (non-hydrogen) atoms. The van der Waals surface area contributed by atoms with Crippen LogP contribution in [0.25, 0.3) is 0 Å². The van der Waals surface area contributed by atoms with Crippen molar-refractivity contribution >= 4 is 5.91 Å². The number of carbonyl (C=O) groups excluding carboxylic acids is 1. The summed E-state index contributed by atoms with van der Waals surface area (Å²) in [5.74, 6) is 0.785. The molecule has 0 spiro atoms. The predicted octanol–water partition coefficient (Wildman–Crippen LogP) is 4.83. The Morgan fingerprint density at radius 3 is 2.06 bits per heavy atom. The molecule has 1 atom stereocenters. The Labute approximate surface area is 187 Å². The number of hydrogen-bond donors (Lipinski definition) is 1. The van der Waals surface area contributed by atoms with Gasteiger partial charge in [-0.3, -0.25) is 14.6 Å². The summed E-state index contributed by atoms with van der Waals surface area (Å²) in [5.41, 5.74) is 4.52. The van der Waals surface area contributed by atoms with Crippen LogP contribution in [-0.4, -0.2) is 41.9 Å². The molecule has 4 heteroatoms. The molecule has 2 aromatic rings. The number of rotatable bonds is 7. The van der Waals surface area contributed by atoms with Crippen LogP contribution in [0.3, 0.4) is 0 Å². The highest BCUT2D eigenvalue weighted by atomic mass is 16.1. The Morgan fingerprint density at radius 2 is 1.39 bits per heavy atom. The molecule has 0 unspecified atom stereocenters. The number of piperidine rings is 2. The third-order valence-electron chi connectivity index (χ3n) is 6.69. The van der Waals surface area contributed by atoms with Crippen LogP contribution in [0, 0.1) is 5.92 Å². The number of amides is 1. The molecule has 0 bridgehead atoms. The first-order valence-corrected chi connectivity index (χ1v) is 12.1. The van der Waals surface area contributed by atoms with Crippen LogP contribution >= 0.6 is 0 Å². The minimum Gasteiger partial charge on any atom is -0.348 e. The minimum absolute atomic E-state index is 0.00413. The van der Waals surface area contributed by atoms with Crippen LogP contribution in [0.2, 0.25) is 0 Å². The normalized spacial score (nSPS) is 20.5. The lowest BCUT2D eigenvalue weighted by molar-refractivity contribution is 0.0951. The van der Waals surface area contributed by atoms with Gasteiger partial charge in [0.15, 0.2) is 0 Å². The average molecular weight is 420 g/mol. The predicted molar refractivity (Wildman–Crippen MR) is 127 cm³/mol. The van der Waals surface area contributed by atoms with E-state index in [1.165, 1.54) is 69.4 Å². The van der Waals surface area contributed by atoms with Gasteiger partial charge in [-0.1, -0.05) is 49.7 Å². The highest BCUT2D eigenvalue weighted by Crippen LogP contribution is 2.18. The summed E-state index contributed by atoms with van der Waals surface area (Å²) in [6.07, 6.45) is 6.65. The first kappa shape index (κ1) is 22.0. The van der Waals surface area contributed by atoms with E-state index < -0.39 is 0 Å². The van der Waals surface area contributed by atoms with Crippen molar-refractivity contribution in [2.45, 2.75) is 58.7 Å². The summed E-state index contributed by atoms with van der Waals surface area (Å²) in [7, 11) is 0. The van der Waals surface area contributed by atoms with Crippen molar-refractivity contribution in [3.05, 3.63) is 70.8 Å². The minimum atomic E-state index is -0.00413. The molecule has 2 heterocycles. The van der Waals surface area contributed by atoms with E-state index in [9.17, 15) is 4.79 Å². The molecule has 2 aromatic carbocycles. The Hall–Kier alpha value is -2.17. The van der Waals surface area contributed by atoms with Crippen molar-refractivity contribution in [3.8, 4) is 0 Å². The second-order valence-electron chi connectivity index (χ2n) is 9.52. The second-order valence-corrected chi connectivity index (χ2v) is 9.52. The van der Waals surface area contributed by atoms with Crippen molar-refractivity contribution in [3.63, 3.8) is 0 Å². The van der Waals surface area contributed by atoms with Crippen molar-refractivity contribution in [2.75, 3.05) is 26.2 Å². The Balaban J connectivity index is 1.23. The Bertz CT molecular complexity index is 825.